The molecule has 0 rings (SSSR count). The Kier molecular flexibility index (Phi) is 7.32. The summed E-state index contributed by atoms with van der Waals surface area (Å²) < 4.78 is 0. The summed E-state index contributed by atoms with van der Waals surface area (Å²) in [5.74, 6) is 1.51. The maximum absolute atomic E-state index is 11.8. The standard InChI is InChI=1S/C13H27NOS/c1-7-11(10-16-6)14(5)9-8-12(15)13(2,3)4/h11H,7-10H2,1-6H3. The van der Waals surface area contributed by atoms with E-state index in [0.717, 1.165) is 18.7 Å². The van der Waals surface area contributed by atoms with Crippen molar-refractivity contribution in [2.75, 3.05) is 25.6 Å². The highest BCUT2D eigenvalue weighted by Gasteiger charge is 2.22. The van der Waals surface area contributed by atoms with Gasteiger partial charge in [0.15, 0.2) is 0 Å². The molecule has 0 saturated carbocycles. The van der Waals surface area contributed by atoms with Crippen molar-refractivity contribution in [3.63, 3.8) is 0 Å². The fourth-order valence-corrected chi connectivity index (χ4v) is 2.46. The molecule has 0 aromatic carbocycles. The highest BCUT2D eigenvalue weighted by Crippen LogP contribution is 2.17. The van der Waals surface area contributed by atoms with Crippen LogP contribution in [0.5, 0.6) is 0 Å². The summed E-state index contributed by atoms with van der Waals surface area (Å²) in [4.78, 5) is 14.1. The van der Waals surface area contributed by atoms with Crippen molar-refractivity contribution in [1.82, 2.24) is 4.90 Å². The van der Waals surface area contributed by atoms with Crippen LogP contribution in [0.25, 0.3) is 0 Å². The van der Waals surface area contributed by atoms with Gasteiger partial charge < -0.3 is 4.90 Å². The maximum Gasteiger partial charge on any atom is 0.139 e. The Morgan fingerprint density at radius 1 is 1.38 bits per heavy atom. The fraction of sp³-hybridized carbons (Fsp3) is 0.923. The van der Waals surface area contributed by atoms with Crippen LogP contribution in [-0.2, 0) is 4.79 Å². The van der Waals surface area contributed by atoms with Crippen molar-refractivity contribution in [2.24, 2.45) is 5.41 Å². The summed E-state index contributed by atoms with van der Waals surface area (Å²) in [6.07, 6.45) is 3.96. The molecular formula is C13H27NOS. The van der Waals surface area contributed by atoms with Gasteiger partial charge in [-0.1, -0.05) is 27.7 Å². The molecular weight excluding hydrogens is 218 g/mol. The predicted molar refractivity (Wildman–Crippen MR) is 74.2 cm³/mol. The maximum atomic E-state index is 11.8. The van der Waals surface area contributed by atoms with E-state index < -0.39 is 0 Å². The highest BCUT2D eigenvalue weighted by atomic mass is 32.2. The molecule has 0 amide bonds. The topological polar surface area (TPSA) is 20.3 Å². The predicted octanol–water partition coefficient (Wildman–Crippen LogP) is 3.07. The average molecular weight is 245 g/mol. The third-order valence-corrected chi connectivity index (χ3v) is 3.70. The molecule has 0 aliphatic heterocycles. The Labute approximate surface area is 105 Å². The molecule has 0 aromatic rings. The van der Waals surface area contributed by atoms with E-state index in [1.807, 2.05) is 32.5 Å². The molecule has 0 aromatic heterocycles. The van der Waals surface area contributed by atoms with Gasteiger partial charge in [0.05, 0.1) is 0 Å². The van der Waals surface area contributed by atoms with E-state index in [1.165, 1.54) is 0 Å². The monoisotopic (exact) mass is 245 g/mol. The van der Waals surface area contributed by atoms with Gasteiger partial charge in [0.2, 0.25) is 0 Å². The molecule has 1 unspecified atom stereocenters. The van der Waals surface area contributed by atoms with Crippen LogP contribution in [0.15, 0.2) is 0 Å². The first-order chi connectivity index (χ1) is 7.32. The van der Waals surface area contributed by atoms with Crippen LogP contribution in [0.2, 0.25) is 0 Å². The van der Waals surface area contributed by atoms with Gasteiger partial charge in [-0.2, -0.15) is 11.8 Å². The first-order valence-corrected chi connectivity index (χ1v) is 7.44. The Balaban J connectivity index is 4.05. The summed E-state index contributed by atoms with van der Waals surface area (Å²) in [7, 11) is 2.13. The van der Waals surface area contributed by atoms with Crippen LogP contribution >= 0.6 is 11.8 Å². The van der Waals surface area contributed by atoms with Crippen molar-refractivity contribution in [3.05, 3.63) is 0 Å². The lowest BCUT2D eigenvalue weighted by Gasteiger charge is -2.27. The van der Waals surface area contributed by atoms with Gasteiger partial charge in [-0.05, 0) is 19.7 Å². The Bertz CT molecular complexity index is 210. The van der Waals surface area contributed by atoms with E-state index in [2.05, 4.69) is 25.1 Å². The minimum atomic E-state index is -0.192. The zero-order valence-corrected chi connectivity index (χ0v) is 12.5. The first kappa shape index (κ1) is 16.0. The number of thioether (sulfide) groups is 1. The molecule has 0 aliphatic carbocycles. The summed E-state index contributed by atoms with van der Waals surface area (Å²) in [6, 6.07) is 0.600. The normalized spacial score (nSPS) is 14.2. The number of nitrogens with zero attached hydrogens (tertiary/aromatic N) is 1. The third-order valence-electron chi connectivity index (χ3n) is 2.98. The molecule has 2 nitrogen and oxygen atoms in total. The third kappa shape index (κ3) is 5.90. The van der Waals surface area contributed by atoms with Crippen LogP contribution in [-0.4, -0.2) is 42.3 Å². The fourth-order valence-electron chi connectivity index (χ4n) is 1.58. The van der Waals surface area contributed by atoms with Gasteiger partial charge in [0, 0.05) is 30.2 Å². The molecule has 0 fully saturated rings. The first-order valence-electron chi connectivity index (χ1n) is 6.05. The minimum absolute atomic E-state index is 0.192. The molecule has 16 heavy (non-hydrogen) atoms. The Morgan fingerprint density at radius 3 is 2.31 bits per heavy atom. The molecule has 1 atom stereocenters. The molecule has 0 saturated heterocycles. The van der Waals surface area contributed by atoms with Gasteiger partial charge in [-0.25, -0.2) is 0 Å². The number of rotatable bonds is 7. The van der Waals surface area contributed by atoms with Crippen molar-refractivity contribution in [3.8, 4) is 0 Å². The molecule has 0 bridgehead atoms. The number of Topliss-reactive ketones (excluding diaryl/α,β-unsaturated/α-hetero) is 1. The number of hydrogen-bond acceptors (Lipinski definition) is 3. The van der Waals surface area contributed by atoms with Gasteiger partial charge in [0.1, 0.15) is 5.78 Å². The summed E-state index contributed by atoms with van der Waals surface area (Å²) in [5.41, 5.74) is -0.192. The Hall–Kier alpha value is -0.0200. The lowest BCUT2D eigenvalue weighted by atomic mass is 9.89. The molecule has 0 heterocycles. The van der Waals surface area contributed by atoms with Crippen LogP contribution in [0, 0.1) is 5.41 Å². The van der Waals surface area contributed by atoms with Gasteiger partial charge in [0.25, 0.3) is 0 Å². The number of carbonyl (C=O) groups is 1. The summed E-state index contributed by atoms with van der Waals surface area (Å²) in [5, 5.41) is 0. The van der Waals surface area contributed by atoms with E-state index >= 15 is 0 Å². The van der Waals surface area contributed by atoms with Gasteiger partial charge >= 0.3 is 0 Å². The lowest BCUT2D eigenvalue weighted by Crippen LogP contribution is -2.36. The van der Waals surface area contributed by atoms with Crippen molar-refractivity contribution in [1.29, 1.82) is 0 Å². The van der Waals surface area contributed by atoms with Gasteiger partial charge in [-0.3, -0.25) is 4.79 Å². The quantitative estimate of drug-likeness (QED) is 0.687. The van der Waals surface area contributed by atoms with E-state index in [1.54, 1.807) is 0 Å². The SMILES string of the molecule is CCC(CSC)N(C)CCC(=O)C(C)(C)C. The molecule has 0 N–H and O–H groups in total. The smallest absolute Gasteiger partial charge is 0.139 e. The second-order valence-corrected chi connectivity index (χ2v) is 6.33. The number of carbonyl (C=O) groups excluding carboxylic acids is 1. The van der Waals surface area contributed by atoms with E-state index in [0.29, 0.717) is 18.2 Å². The zero-order chi connectivity index (χ0) is 12.8. The summed E-state index contributed by atoms with van der Waals surface area (Å²) in [6.45, 7) is 9.08. The molecule has 96 valence electrons. The molecule has 0 aliphatic rings. The van der Waals surface area contributed by atoms with Crippen LogP contribution in [0.4, 0.5) is 0 Å². The number of ketones is 1. The Morgan fingerprint density at radius 2 is 1.94 bits per heavy atom. The van der Waals surface area contributed by atoms with Crippen molar-refractivity contribution in [2.45, 2.75) is 46.6 Å². The van der Waals surface area contributed by atoms with Crippen LogP contribution in [0.1, 0.15) is 40.5 Å². The molecule has 0 radical (unpaired) electrons. The van der Waals surface area contributed by atoms with E-state index in [-0.39, 0.29) is 5.41 Å². The van der Waals surface area contributed by atoms with Crippen LogP contribution in [0.3, 0.4) is 0 Å². The molecule has 3 heteroatoms. The average Bonchev–Trinajstić information content (AvgIpc) is 2.20. The second-order valence-electron chi connectivity index (χ2n) is 5.42. The minimum Gasteiger partial charge on any atom is -0.302 e. The largest absolute Gasteiger partial charge is 0.302 e. The molecule has 0 spiro atoms. The lowest BCUT2D eigenvalue weighted by molar-refractivity contribution is -0.126. The number of hydrogen-bond donors (Lipinski definition) is 0. The second kappa shape index (κ2) is 7.33. The highest BCUT2D eigenvalue weighted by molar-refractivity contribution is 7.98. The van der Waals surface area contributed by atoms with Gasteiger partial charge in [-0.15, -0.1) is 0 Å². The van der Waals surface area contributed by atoms with Crippen molar-refractivity contribution >= 4 is 17.5 Å². The van der Waals surface area contributed by atoms with E-state index in [9.17, 15) is 4.79 Å². The van der Waals surface area contributed by atoms with E-state index in [4.69, 9.17) is 0 Å². The summed E-state index contributed by atoms with van der Waals surface area (Å²) >= 11 is 1.88. The van der Waals surface area contributed by atoms with Crippen molar-refractivity contribution < 1.29 is 4.79 Å². The van der Waals surface area contributed by atoms with Crippen LogP contribution < -0.4 is 0 Å². The zero-order valence-electron chi connectivity index (χ0n) is 11.7.